The average molecular weight is 463 g/mol. The first-order valence-corrected chi connectivity index (χ1v) is 8.97. The van der Waals surface area contributed by atoms with Crippen molar-refractivity contribution in [1.29, 1.82) is 0 Å². The van der Waals surface area contributed by atoms with Gasteiger partial charge in [0.25, 0.3) is 0 Å². The molecule has 2 aromatic heterocycles. The number of ether oxygens (including phenoxy) is 1. The molecule has 0 radical (unpaired) electrons. The van der Waals surface area contributed by atoms with Crippen molar-refractivity contribution in [2.45, 2.75) is 32.2 Å². The molecule has 0 spiro atoms. The number of nitrogens with zero attached hydrogens (tertiary/aromatic N) is 3. The minimum Gasteiger partial charge on any atom is -0.385 e. The molecule has 0 aromatic carbocycles. The Morgan fingerprint density at radius 3 is 2.92 bits per heavy atom. The van der Waals surface area contributed by atoms with Gasteiger partial charge in [-0.25, -0.2) is 4.98 Å². The summed E-state index contributed by atoms with van der Waals surface area (Å²) in [4.78, 5) is 9.92. The van der Waals surface area contributed by atoms with Crippen molar-refractivity contribution < 1.29 is 4.74 Å². The zero-order chi connectivity index (χ0) is 16.1. The summed E-state index contributed by atoms with van der Waals surface area (Å²) in [5.41, 5.74) is 1.41. The molecule has 0 saturated heterocycles. The molecular formula is C16H26IN5OS. The van der Waals surface area contributed by atoms with Crippen LogP contribution in [0.3, 0.4) is 0 Å². The number of guanidine groups is 1. The predicted octanol–water partition coefficient (Wildman–Crippen LogP) is 2.89. The molecule has 24 heavy (non-hydrogen) atoms. The fraction of sp³-hybridized carbons (Fsp3) is 0.625. The summed E-state index contributed by atoms with van der Waals surface area (Å²) in [6.07, 6.45) is 9.07. The normalized spacial score (nSPS) is 16.5. The van der Waals surface area contributed by atoms with Crippen LogP contribution in [0.4, 0.5) is 0 Å². The van der Waals surface area contributed by atoms with Crippen LogP contribution >= 0.6 is 35.3 Å². The Bertz CT molecular complexity index is 636. The van der Waals surface area contributed by atoms with Crippen LogP contribution < -0.4 is 10.6 Å². The van der Waals surface area contributed by atoms with Gasteiger partial charge < -0.3 is 15.4 Å². The van der Waals surface area contributed by atoms with Crippen LogP contribution in [0.2, 0.25) is 0 Å². The largest absolute Gasteiger partial charge is 0.385 e. The highest BCUT2D eigenvalue weighted by Crippen LogP contribution is 2.43. The average Bonchev–Trinajstić information content (AvgIpc) is 3.10. The number of rotatable bonds is 7. The van der Waals surface area contributed by atoms with Crippen molar-refractivity contribution in [3.05, 3.63) is 23.5 Å². The Kier molecular flexibility index (Phi) is 7.30. The molecule has 0 atom stereocenters. The lowest BCUT2D eigenvalue weighted by Gasteiger charge is -2.42. The number of thiazole rings is 1. The van der Waals surface area contributed by atoms with Crippen molar-refractivity contribution in [3.8, 4) is 0 Å². The second-order valence-corrected chi connectivity index (χ2v) is 7.07. The molecule has 1 fully saturated rings. The van der Waals surface area contributed by atoms with Crippen LogP contribution in [0, 0.1) is 5.41 Å². The first-order valence-electron chi connectivity index (χ1n) is 8.09. The molecule has 6 nitrogen and oxygen atoms in total. The summed E-state index contributed by atoms with van der Waals surface area (Å²) in [7, 11) is 3.58. The monoisotopic (exact) mass is 463 g/mol. The van der Waals surface area contributed by atoms with Crippen LogP contribution in [-0.4, -0.2) is 42.7 Å². The molecule has 2 aromatic rings. The van der Waals surface area contributed by atoms with E-state index in [4.69, 9.17) is 4.74 Å². The first-order chi connectivity index (χ1) is 11.2. The smallest absolute Gasteiger partial charge is 0.193 e. The van der Waals surface area contributed by atoms with Gasteiger partial charge in [0.15, 0.2) is 10.9 Å². The first kappa shape index (κ1) is 19.5. The van der Waals surface area contributed by atoms with Gasteiger partial charge in [0.05, 0.1) is 12.2 Å². The minimum atomic E-state index is 0. The lowest BCUT2D eigenvalue weighted by Crippen LogP contribution is -2.46. The molecular weight excluding hydrogens is 437 g/mol. The van der Waals surface area contributed by atoms with Crippen molar-refractivity contribution >= 4 is 46.2 Å². The summed E-state index contributed by atoms with van der Waals surface area (Å²) in [6.45, 7) is 2.46. The van der Waals surface area contributed by atoms with E-state index in [-0.39, 0.29) is 24.0 Å². The maximum Gasteiger partial charge on any atom is 0.193 e. The highest BCUT2D eigenvalue weighted by Gasteiger charge is 2.36. The third kappa shape index (κ3) is 4.60. The quantitative estimate of drug-likeness (QED) is 0.377. The Labute approximate surface area is 164 Å². The van der Waals surface area contributed by atoms with E-state index in [1.807, 2.05) is 23.0 Å². The number of hydrogen-bond acceptors (Lipinski definition) is 4. The number of nitrogens with one attached hydrogen (secondary N) is 2. The number of aromatic nitrogens is 2. The van der Waals surface area contributed by atoms with E-state index in [1.165, 1.54) is 19.3 Å². The number of hydrogen-bond donors (Lipinski definition) is 2. The number of methoxy groups -OCH3 is 1. The standard InChI is InChI=1S/C16H25N5OS.HI/c1-17-14(19-12-16(4-3-5-16)6-8-22-2)18-10-13-11-21-7-9-23-15(21)20-13;/h7,9,11H,3-6,8,10,12H2,1-2H3,(H2,17,18,19);1H. The molecule has 1 aliphatic rings. The fourth-order valence-electron chi connectivity index (χ4n) is 3.04. The summed E-state index contributed by atoms with van der Waals surface area (Å²) in [5, 5.41) is 8.86. The molecule has 2 heterocycles. The SMILES string of the molecule is CN=C(NCc1cn2ccsc2n1)NCC1(CCOC)CCC1.I. The lowest BCUT2D eigenvalue weighted by molar-refractivity contribution is 0.0732. The molecule has 0 unspecified atom stereocenters. The van der Waals surface area contributed by atoms with Gasteiger partial charge in [-0.05, 0) is 24.7 Å². The molecule has 0 bridgehead atoms. The molecule has 2 N–H and O–H groups in total. The Morgan fingerprint density at radius 1 is 1.46 bits per heavy atom. The topological polar surface area (TPSA) is 63.0 Å². The Balaban J connectivity index is 0.00000208. The van der Waals surface area contributed by atoms with E-state index in [2.05, 4.69) is 26.8 Å². The molecule has 1 saturated carbocycles. The maximum atomic E-state index is 5.25. The molecule has 0 amide bonds. The maximum absolute atomic E-state index is 5.25. The van der Waals surface area contributed by atoms with E-state index in [9.17, 15) is 0 Å². The number of aliphatic imine (C=N–C) groups is 1. The molecule has 3 rings (SSSR count). The van der Waals surface area contributed by atoms with Gasteiger partial charge in [-0.3, -0.25) is 9.39 Å². The second-order valence-electron chi connectivity index (χ2n) is 6.20. The van der Waals surface area contributed by atoms with Crippen LogP contribution in [0.1, 0.15) is 31.4 Å². The van der Waals surface area contributed by atoms with Gasteiger partial charge in [0, 0.05) is 45.1 Å². The van der Waals surface area contributed by atoms with Crippen LogP contribution in [0.25, 0.3) is 4.96 Å². The van der Waals surface area contributed by atoms with E-state index in [0.717, 1.165) is 36.2 Å². The number of fused-ring (bicyclic) bond motifs is 1. The summed E-state index contributed by atoms with van der Waals surface area (Å²) < 4.78 is 7.30. The van der Waals surface area contributed by atoms with Crippen molar-refractivity contribution in [3.63, 3.8) is 0 Å². The van der Waals surface area contributed by atoms with Gasteiger partial charge in [-0.1, -0.05) is 6.42 Å². The predicted molar refractivity (Wildman–Crippen MR) is 109 cm³/mol. The second kappa shape index (κ2) is 9.00. The fourth-order valence-corrected chi connectivity index (χ4v) is 3.76. The Morgan fingerprint density at radius 2 is 2.29 bits per heavy atom. The number of halogens is 1. The van der Waals surface area contributed by atoms with Gasteiger partial charge in [-0.2, -0.15) is 0 Å². The van der Waals surface area contributed by atoms with Crippen LogP contribution in [0.15, 0.2) is 22.8 Å². The molecule has 8 heteroatoms. The van der Waals surface area contributed by atoms with E-state index in [1.54, 1.807) is 18.4 Å². The molecule has 1 aliphatic carbocycles. The summed E-state index contributed by atoms with van der Waals surface area (Å²) in [5.74, 6) is 0.838. The summed E-state index contributed by atoms with van der Waals surface area (Å²) >= 11 is 1.65. The lowest BCUT2D eigenvalue weighted by atomic mass is 9.67. The van der Waals surface area contributed by atoms with Crippen molar-refractivity contribution in [2.24, 2.45) is 10.4 Å². The highest BCUT2D eigenvalue weighted by atomic mass is 127. The van der Waals surface area contributed by atoms with Gasteiger partial charge >= 0.3 is 0 Å². The third-order valence-corrected chi connectivity index (χ3v) is 5.46. The van der Waals surface area contributed by atoms with E-state index >= 15 is 0 Å². The van der Waals surface area contributed by atoms with Crippen LogP contribution in [-0.2, 0) is 11.3 Å². The van der Waals surface area contributed by atoms with E-state index < -0.39 is 0 Å². The van der Waals surface area contributed by atoms with Gasteiger partial charge in [0.1, 0.15) is 0 Å². The molecule has 0 aliphatic heterocycles. The van der Waals surface area contributed by atoms with Crippen molar-refractivity contribution in [1.82, 2.24) is 20.0 Å². The van der Waals surface area contributed by atoms with Crippen LogP contribution in [0.5, 0.6) is 0 Å². The zero-order valence-electron chi connectivity index (χ0n) is 14.2. The minimum absolute atomic E-state index is 0. The zero-order valence-corrected chi connectivity index (χ0v) is 17.4. The van der Waals surface area contributed by atoms with E-state index in [0.29, 0.717) is 12.0 Å². The van der Waals surface area contributed by atoms with Gasteiger partial charge in [0.2, 0.25) is 0 Å². The summed E-state index contributed by atoms with van der Waals surface area (Å²) in [6, 6.07) is 0. The third-order valence-electron chi connectivity index (χ3n) is 4.69. The highest BCUT2D eigenvalue weighted by molar-refractivity contribution is 14.0. The number of imidazole rings is 1. The molecule has 134 valence electrons. The van der Waals surface area contributed by atoms with Crippen molar-refractivity contribution in [2.75, 3.05) is 27.3 Å². The van der Waals surface area contributed by atoms with Gasteiger partial charge in [-0.15, -0.1) is 35.3 Å². The Hall–Kier alpha value is -0.870.